The summed E-state index contributed by atoms with van der Waals surface area (Å²) < 4.78 is 5.28. The van der Waals surface area contributed by atoms with Gasteiger partial charge in [-0.2, -0.15) is 0 Å². The summed E-state index contributed by atoms with van der Waals surface area (Å²) in [5.41, 5.74) is 2.13. The molecule has 2 heteroatoms. The molecule has 0 aliphatic carbocycles. The van der Waals surface area contributed by atoms with Crippen molar-refractivity contribution in [1.29, 1.82) is 0 Å². The van der Waals surface area contributed by atoms with Crippen LogP contribution < -0.4 is 0 Å². The van der Waals surface area contributed by atoms with Crippen LogP contribution >= 0.6 is 0 Å². The van der Waals surface area contributed by atoms with E-state index in [9.17, 15) is 4.79 Å². The van der Waals surface area contributed by atoms with E-state index in [-0.39, 0.29) is 5.76 Å². The minimum Gasteiger partial charge on any atom is -0.452 e. The zero-order valence-electron chi connectivity index (χ0n) is 7.78. The molecule has 14 heavy (non-hydrogen) atoms. The van der Waals surface area contributed by atoms with E-state index in [1.807, 2.05) is 31.2 Å². The number of carbonyl (C=O) groups excluding carboxylic acids is 1. The normalized spacial score (nSPS) is 10.1. The smallest absolute Gasteiger partial charge is 0.271 e. The van der Waals surface area contributed by atoms with Gasteiger partial charge in [0.15, 0.2) is 5.76 Å². The van der Waals surface area contributed by atoms with Crippen LogP contribution in [0.15, 0.2) is 40.8 Å². The summed E-state index contributed by atoms with van der Waals surface area (Å²) in [4.78, 5) is 10.3. The van der Waals surface area contributed by atoms with Crippen LogP contribution in [0.1, 0.15) is 11.3 Å². The number of hydrogen-bond donors (Lipinski definition) is 0. The topological polar surface area (TPSA) is 30.2 Å². The van der Waals surface area contributed by atoms with Crippen molar-refractivity contribution in [2.24, 2.45) is 0 Å². The van der Waals surface area contributed by atoms with Gasteiger partial charge in [0.2, 0.25) is 0 Å². The van der Waals surface area contributed by atoms with Gasteiger partial charge in [0.1, 0.15) is 5.76 Å². The van der Waals surface area contributed by atoms with Crippen molar-refractivity contribution in [3.63, 3.8) is 0 Å². The first-order valence-electron chi connectivity index (χ1n) is 4.35. The van der Waals surface area contributed by atoms with Crippen molar-refractivity contribution >= 4 is 6.29 Å². The lowest BCUT2D eigenvalue weighted by Crippen LogP contribution is -1.79. The molecule has 0 spiro atoms. The Balaban J connectivity index is 2.49. The zero-order chi connectivity index (χ0) is 9.97. The van der Waals surface area contributed by atoms with Gasteiger partial charge in [-0.25, -0.2) is 0 Å². The van der Waals surface area contributed by atoms with E-state index in [2.05, 4.69) is 0 Å². The first-order valence-corrected chi connectivity index (χ1v) is 4.35. The molecule has 0 fully saturated rings. The Kier molecular flexibility index (Phi) is 2.19. The maximum atomic E-state index is 10.3. The molecule has 2 rings (SSSR count). The van der Waals surface area contributed by atoms with Crippen LogP contribution in [-0.4, -0.2) is 6.29 Å². The summed E-state index contributed by atoms with van der Waals surface area (Å²) in [7, 11) is 0. The lowest BCUT2D eigenvalue weighted by Gasteiger charge is -2.00. The standard InChI is InChI=1S/C12H9O2/c1-9-4-2-3-5-11(9)12-7-6-10(8-13)14-12/h2-7H,1H3. The second kappa shape index (κ2) is 3.50. The summed E-state index contributed by atoms with van der Waals surface area (Å²) in [5, 5.41) is 0. The molecule has 0 saturated carbocycles. The van der Waals surface area contributed by atoms with E-state index in [1.54, 1.807) is 18.4 Å². The molecule has 0 aliphatic heterocycles. The van der Waals surface area contributed by atoms with E-state index in [1.165, 1.54) is 0 Å². The Morgan fingerprint density at radius 2 is 1.93 bits per heavy atom. The molecule has 69 valence electrons. The summed E-state index contributed by atoms with van der Waals surface area (Å²) in [6, 6.07) is 11.3. The molecule has 1 heterocycles. The van der Waals surface area contributed by atoms with Crippen molar-refractivity contribution in [3.8, 4) is 11.3 Å². The van der Waals surface area contributed by atoms with Crippen LogP contribution in [0.25, 0.3) is 11.3 Å². The predicted octanol–water partition coefficient (Wildman–Crippen LogP) is 2.71. The van der Waals surface area contributed by atoms with Gasteiger partial charge < -0.3 is 4.42 Å². The second-order valence-electron chi connectivity index (χ2n) is 3.08. The molecule has 0 atom stereocenters. The van der Waals surface area contributed by atoms with E-state index >= 15 is 0 Å². The highest BCUT2D eigenvalue weighted by Gasteiger charge is 2.05. The van der Waals surface area contributed by atoms with Crippen LogP contribution in [0.5, 0.6) is 0 Å². The molecule has 2 nitrogen and oxygen atoms in total. The SMILES string of the molecule is Cc1ccccc1-c1ccc([C]=O)o1. The van der Waals surface area contributed by atoms with Gasteiger partial charge in [-0.3, -0.25) is 4.79 Å². The van der Waals surface area contributed by atoms with Crippen LogP contribution in [0.3, 0.4) is 0 Å². The molecule has 1 aromatic carbocycles. The van der Waals surface area contributed by atoms with E-state index in [4.69, 9.17) is 4.42 Å². The van der Waals surface area contributed by atoms with E-state index in [0.29, 0.717) is 5.76 Å². The maximum absolute atomic E-state index is 10.3. The largest absolute Gasteiger partial charge is 0.452 e. The molecule has 0 unspecified atom stereocenters. The Labute approximate surface area is 82.2 Å². The summed E-state index contributed by atoms with van der Waals surface area (Å²) in [6.07, 6.45) is 1.72. The Morgan fingerprint density at radius 1 is 1.14 bits per heavy atom. The highest BCUT2D eigenvalue weighted by atomic mass is 16.3. The maximum Gasteiger partial charge on any atom is 0.271 e. The van der Waals surface area contributed by atoms with Crippen molar-refractivity contribution in [2.45, 2.75) is 6.92 Å². The fraction of sp³-hybridized carbons (Fsp3) is 0.0833. The summed E-state index contributed by atoms with van der Waals surface area (Å²) in [5.74, 6) is 0.949. The second-order valence-corrected chi connectivity index (χ2v) is 3.08. The molecule has 2 aromatic rings. The molecule has 0 bridgehead atoms. The first kappa shape index (κ1) is 8.75. The third kappa shape index (κ3) is 1.46. The number of aryl methyl sites for hydroxylation is 1. The zero-order valence-corrected chi connectivity index (χ0v) is 7.78. The molecule has 0 aliphatic rings. The number of rotatable bonds is 2. The third-order valence-electron chi connectivity index (χ3n) is 2.12. The number of hydrogen-bond acceptors (Lipinski definition) is 2. The van der Waals surface area contributed by atoms with Crippen LogP contribution in [0, 0.1) is 6.92 Å². The summed E-state index contributed by atoms with van der Waals surface area (Å²) >= 11 is 0. The summed E-state index contributed by atoms with van der Waals surface area (Å²) in [6.45, 7) is 2.00. The Bertz CT molecular complexity index is 455. The van der Waals surface area contributed by atoms with Gasteiger partial charge in [0, 0.05) is 5.56 Å². The quantitative estimate of drug-likeness (QED) is 0.720. The molecular weight excluding hydrogens is 176 g/mol. The highest BCUT2D eigenvalue weighted by Crippen LogP contribution is 2.24. The Hall–Kier alpha value is -1.83. The average molecular weight is 185 g/mol. The van der Waals surface area contributed by atoms with Gasteiger partial charge in [0.25, 0.3) is 6.29 Å². The Morgan fingerprint density at radius 3 is 2.57 bits per heavy atom. The van der Waals surface area contributed by atoms with Gasteiger partial charge in [-0.05, 0) is 24.6 Å². The monoisotopic (exact) mass is 185 g/mol. The molecule has 1 radical (unpaired) electrons. The fourth-order valence-corrected chi connectivity index (χ4v) is 1.39. The first-order chi connectivity index (χ1) is 6.81. The number of furan rings is 1. The predicted molar refractivity (Wildman–Crippen MR) is 53.7 cm³/mol. The van der Waals surface area contributed by atoms with E-state index in [0.717, 1.165) is 11.1 Å². The number of benzene rings is 1. The minimum absolute atomic E-state index is 0.239. The molecular formula is C12H9O2. The molecule has 0 saturated heterocycles. The van der Waals surface area contributed by atoms with Crippen LogP contribution in [-0.2, 0) is 4.79 Å². The van der Waals surface area contributed by atoms with Crippen LogP contribution in [0.2, 0.25) is 0 Å². The van der Waals surface area contributed by atoms with Gasteiger partial charge >= 0.3 is 0 Å². The lowest BCUT2D eigenvalue weighted by molar-refractivity contribution is 0.525. The molecule has 0 amide bonds. The van der Waals surface area contributed by atoms with Gasteiger partial charge in [-0.1, -0.05) is 24.3 Å². The molecule has 1 aromatic heterocycles. The van der Waals surface area contributed by atoms with E-state index < -0.39 is 0 Å². The van der Waals surface area contributed by atoms with Gasteiger partial charge in [-0.15, -0.1) is 0 Å². The van der Waals surface area contributed by atoms with Crippen molar-refractivity contribution in [3.05, 3.63) is 47.7 Å². The minimum atomic E-state index is 0.239. The van der Waals surface area contributed by atoms with Crippen molar-refractivity contribution < 1.29 is 9.21 Å². The van der Waals surface area contributed by atoms with Crippen LogP contribution in [0.4, 0.5) is 0 Å². The third-order valence-corrected chi connectivity index (χ3v) is 2.12. The average Bonchev–Trinajstić information content (AvgIpc) is 2.67. The van der Waals surface area contributed by atoms with Crippen molar-refractivity contribution in [1.82, 2.24) is 0 Å². The lowest BCUT2D eigenvalue weighted by atomic mass is 10.1. The molecule has 0 N–H and O–H groups in total. The van der Waals surface area contributed by atoms with Gasteiger partial charge in [0.05, 0.1) is 0 Å². The fourth-order valence-electron chi connectivity index (χ4n) is 1.39. The highest BCUT2D eigenvalue weighted by molar-refractivity contribution is 5.73. The van der Waals surface area contributed by atoms with Crippen molar-refractivity contribution in [2.75, 3.05) is 0 Å².